The van der Waals surface area contributed by atoms with Gasteiger partial charge in [0.05, 0.1) is 25.0 Å². The first-order valence-corrected chi connectivity index (χ1v) is 13.5. The number of aliphatic hydroxyl groups is 1. The third-order valence-electron chi connectivity index (χ3n) is 7.93. The average Bonchev–Trinajstić information content (AvgIpc) is 3.39. The number of aromatic nitrogens is 2. The number of benzene rings is 2. The molecule has 5 rings (SSSR count). The van der Waals surface area contributed by atoms with E-state index >= 15 is 0 Å². The molecule has 2 fully saturated rings. The largest absolute Gasteiger partial charge is 0.497 e. The Morgan fingerprint density at radius 1 is 1.15 bits per heavy atom. The number of hydrogen-bond donors (Lipinski definition) is 3. The number of carbonyl (C=O) groups is 1. The second-order valence-corrected chi connectivity index (χ2v) is 10.5. The monoisotopic (exact) mass is 554 g/mol. The Morgan fingerprint density at radius 3 is 2.74 bits per heavy atom. The summed E-state index contributed by atoms with van der Waals surface area (Å²) < 4.78 is 10.8. The summed E-state index contributed by atoms with van der Waals surface area (Å²) in [6.07, 6.45) is 4.10. The Balaban J connectivity index is 0.00000353. The lowest BCUT2D eigenvalue weighted by Gasteiger charge is -2.38. The smallest absolute Gasteiger partial charge is 0.275 e. The average molecular weight is 555 g/mol. The number of ether oxygens (including phenoxy) is 2. The van der Waals surface area contributed by atoms with E-state index in [-0.39, 0.29) is 36.9 Å². The molecule has 0 unspecified atom stereocenters. The maximum atomic E-state index is 14.2. The SMILES string of the molecule is COC[C@]1(O)CCCC[C@@H]1c1nc(C(=O)N2CCNC[C@H]2Cc2cccc(OC)c2)c(-c2ccccc2)[nH]1.Cl. The molecule has 1 saturated carbocycles. The topological polar surface area (TPSA) is 99.7 Å². The van der Waals surface area contributed by atoms with E-state index in [1.807, 2.05) is 53.4 Å². The first-order chi connectivity index (χ1) is 18.5. The van der Waals surface area contributed by atoms with Gasteiger partial charge in [-0.25, -0.2) is 4.98 Å². The molecule has 1 amide bonds. The number of methoxy groups -OCH3 is 2. The van der Waals surface area contributed by atoms with Crippen molar-refractivity contribution in [1.29, 1.82) is 0 Å². The quantitative estimate of drug-likeness (QED) is 0.386. The number of amides is 1. The van der Waals surface area contributed by atoms with Crippen molar-refractivity contribution in [1.82, 2.24) is 20.2 Å². The first-order valence-electron chi connectivity index (χ1n) is 13.5. The number of halogens is 1. The van der Waals surface area contributed by atoms with E-state index in [4.69, 9.17) is 14.5 Å². The van der Waals surface area contributed by atoms with Gasteiger partial charge in [0.1, 0.15) is 11.6 Å². The lowest BCUT2D eigenvalue weighted by molar-refractivity contribution is -0.0732. The molecule has 3 N–H and O–H groups in total. The number of H-pyrrole nitrogens is 1. The lowest BCUT2D eigenvalue weighted by atomic mass is 9.75. The molecule has 210 valence electrons. The fraction of sp³-hybridized carbons (Fsp3) is 0.467. The molecule has 3 atom stereocenters. The zero-order valence-corrected chi connectivity index (χ0v) is 23.5. The van der Waals surface area contributed by atoms with Gasteiger partial charge in [0.25, 0.3) is 5.91 Å². The van der Waals surface area contributed by atoms with Crippen LogP contribution in [-0.4, -0.2) is 78.0 Å². The fourth-order valence-corrected chi connectivity index (χ4v) is 5.98. The van der Waals surface area contributed by atoms with E-state index in [1.165, 1.54) is 0 Å². The van der Waals surface area contributed by atoms with Crippen LogP contribution >= 0.6 is 12.4 Å². The maximum Gasteiger partial charge on any atom is 0.275 e. The van der Waals surface area contributed by atoms with Gasteiger partial charge in [-0.05, 0) is 37.0 Å². The van der Waals surface area contributed by atoms with E-state index < -0.39 is 5.60 Å². The van der Waals surface area contributed by atoms with Crippen LogP contribution in [0.3, 0.4) is 0 Å². The molecule has 8 nitrogen and oxygen atoms in total. The molecule has 3 aromatic rings. The molecule has 9 heteroatoms. The normalized spacial score (nSPS) is 23.2. The molecular weight excluding hydrogens is 516 g/mol. The van der Waals surface area contributed by atoms with Crippen LogP contribution in [0, 0.1) is 0 Å². The fourth-order valence-electron chi connectivity index (χ4n) is 5.98. The van der Waals surface area contributed by atoms with Crippen LogP contribution in [0.2, 0.25) is 0 Å². The molecule has 1 aliphatic carbocycles. The van der Waals surface area contributed by atoms with Crippen molar-refractivity contribution in [2.75, 3.05) is 40.5 Å². The van der Waals surface area contributed by atoms with E-state index in [0.717, 1.165) is 42.7 Å². The van der Waals surface area contributed by atoms with Gasteiger partial charge in [0.15, 0.2) is 5.69 Å². The van der Waals surface area contributed by atoms with Crippen LogP contribution < -0.4 is 10.1 Å². The van der Waals surface area contributed by atoms with Crippen LogP contribution in [-0.2, 0) is 11.2 Å². The number of piperazine rings is 1. The van der Waals surface area contributed by atoms with Crippen LogP contribution in [0.4, 0.5) is 0 Å². The lowest BCUT2D eigenvalue weighted by Crippen LogP contribution is -2.54. The number of imidazole rings is 1. The summed E-state index contributed by atoms with van der Waals surface area (Å²) in [6, 6.07) is 17.8. The predicted molar refractivity (Wildman–Crippen MR) is 154 cm³/mol. The summed E-state index contributed by atoms with van der Waals surface area (Å²) in [4.78, 5) is 24.6. The summed E-state index contributed by atoms with van der Waals surface area (Å²) in [5.41, 5.74) is 2.13. The van der Waals surface area contributed by atoms with Crippen molar-refractivity contribution < 1.29 is 19.4 Å². The Kier molecular flexibility index (Phi) is 9.67. The molecule has 2 aromatic carbocycles. The van der Waals surface area contributed by atoms with E-state index in [2.05, 4.69) is 16.4 Å². The third kappa shape index (κ3) is 6.30. The predicted octanol–water partition coefficient (Wildman–Crippen LogP) is 4.20. The van der Waals surface area contributed by atoms with Gasteiger partial charge in [-0.3, -0.25) is 4.79 Å². The summed E-state index contributed by atoms with van der Waals surface area (Å²) in [5.74, 6) is 1.15. The Morgan fingerprint density at radius 2 is 1.97 bits per heavy atom. The van der Waals surface area contributed by atoms with Crippen molar-refractivity contribution in [3.8, 4) is 17.0 Å². The van der Waals surface area contributed by atoms with Gasteiger partial charge in [-0.2, -0.15) is 0 Å². The zero-order chi connectivity index (χ0) is 26.5. The summed E-state index contributed by atoms with van der Waals surface area (Å²) in [6.45, 7) is 2.27. The highest BCUT2D eigenvalue weighted by Gasteiger charge is 2.42. The van der Waals surface area contributed by atoms with Gasteiger partial charge in [-0.15, -0.1) is 12.4 Å². The van der Waals surface area contributed by atoms with Crippen molar-refractivity contribution in [3.63, 3.8) is 0 Å². The Labute approximate surface area is 236 Å². The molecule has 39 heavy (non-hydrogen) atoms. The van der Waals surface area contributed by atoms with Crippen LogP contribution in [0.1, 0.15) is 53.5 Å². The summed E-state index contributed by atoms with van der Waals surface area (Å²) >= 11 is 0. The van der Waals surface area contributed by atoms with Crippen molar-refractivity contribution in [2.24, 2.45) is 0 Å². The van der Waals surface area contributed by atoms with E-state index in [9.17, 15) is 9.90 Å². The molecule has 1 saturated heterocycles. The van der Waals surface area contributed by atoms with Gasteiger partial charge in [0, 0.05) is 44.3 Å². The zero-order valence-electron chi connectivity index (χ0n) is 22.7. The Hall–Kier alpha value is -2.91. The molecule has 1 aromatic heterocycles. The maximum absolute atomic E-state index is 14.2. The number of hydrogen-bond acceptors (Lipinski definition) is 6. The highest BCUT2D eigenvalue weighted by molar-refractivity contribution is 5.98. The van der Waals surface area contributed by atoms with Crippen molar-refractivity contribution >= 4 is 18.3 Å². The molecule has 0 bridgehead atoms. The molecule has 2 aliphatic rings. The third-order valence-corrected chi connectivity index (χ3v) is 7.93. The van der Waals surface area contributed by atoms with Crippen molar-refractivity contribution in [2.45, 2.75) is 49.7 Å². The highest BCUT2D eigenvalue weighted by atomic mass is 35.5. The molecule has 0 spiro atoms. The number of rotatable bonds is 8. The number of carbonyl (C=O) groups excluding carboxylic acids is 1. The van der Waals surface area contributed by atoms with Gasteiger partial charge >= 0.3 is 0 Å². The van der Waals surface area contributed by atoms with E-state index in [0.29, 0.717) is 43.1 Å². The minimum Gasteiger partial charge on any atom is -0.497 e. The second kappa shape index (κ2) is 13.0. The van der Waals surface area contributed by atoms with Gasteiger partial charge in [-0.1, -0.05) is 55.3 Å². The second-order valence-electron chi connectivity index (χ2n) is 10.5. The summed E-state index contributed by atoms with van der Waals surface area (Å²) in [5, 5.41) is 14.9. The van der Waals surface area contributed by atoms with Crippen LogP contribution in [0.15, 0.2) is 54.6 Å². The number of nitrogens with one attached hydrogen (secondary N) is 2. The number of nitrogens with zero attached hydrogens (tertiary/aromatic N) is 2. The Bertz CT molecular complexity index is 1230. The minimum absolute atomic E-state index is 0. The molecular formula is C30H39ClN4O4. The highest BCUT2D eigenvalue weighted by Crippen LogP contribution is 2.41. The van der Waals surface area contributed by atoms with Crippen molar-refractivity contribution in [3.05, 3.63) is 71.7 Å². The first kappa shape index (κ1) is 29.1. The molecule has 1 aliphatic heterocycles. The molecule has 0 radical (unpaired) electrons. The minimum atomic E-state index is -1.01. The number of aromatic amines is 1. The van der Waals surface area contributed by atoms with Gasteiger partial charge < -0.3 is 29.8 Å². The summed E-state index contributed by atoms with van der Waals surface area (Å²) in [7, 11) is 3.28. The van der Waals surface area contributed by atoms with Gasteiger partial charge in [0.2, 0.25) is 0 Å². The van der Waals surface area contributed by atoms with Crippen LogP contribution in [0.25, 0.3) is 11.3 Å². The standard InChI is InChI=1S/C30H38N4O4.ClH/c1-37-20-30(36)14-7-6-13-25(30)28-32-26(22-10-4-3-5-11-22)27(33-28)29(35)34-16-15-31-19-23(34)17-21-9-8-12-24(18-21)38-2;/h3-5,8-12,18,23,25,31,36H,6-7,13-17,19-20H2,1-2H3,(H,32,33);1H/t23-,25-,30-;/m1./s1. The molecule has 2 heterocycles. The van der Waals surface area contributed by atoms with Crippen LogP contribution in [0.5, 0.6) is 5.75 Å². The van der Waals surface area contributed by atoms with E-state index in [1.54, 1.807) is 14.2 Å².